The van der Waals surface area contributed by atoms with Gasteiger partial charge >= 0.3 is 0 Å². The summed E-state index contributed by atoms with van der Waals surface area (Å²) < 4.78 is 22.4. The predicted octanol–water partition coefficient (Wildman–Crippen LogP) is 3.23. The first-order chi connectivity index (χ1) is 16.2. The van der Waals surface area contributed by atoms with E-state index in [1.54, 1.807) is 18.2 Å². The van der Waals surface area contributed by atoms with Crippen molar-refractivity contribution in [1.82, 2.24) is 15.4 Å². The lowest BCUT2D eigenvalue weighted by molar-refractivity contribution is -0.168. The summed E-state index contributed by atoms with van der Waals surface area (Å²) in [5, 5.41) is 7.24. The second-order valence-electron chi connectivity index (χ2n) is 8.70. The third-order valence-electron chi connectivity index (χ3n) is 6.57. The Morgan fingerprint density at radius 1 is 1.06 bits per heavy atom. The molecule has 0 radical (unpaired) electrons. The van der Waals surface area contributed by atoms with Gasteiger partial charge in [-0.3, -0.25) is 9.69 Å². The van der Waals surface area contributed by atoms with Crippen molar-refractivity contribution in [3.8, 4) is 22.8 Å². The summed E-state index contributed by atoms with van der Waals surface area (Å²) in [6.45, 7) is 2.32. The van der Waals surface area contributed by atoms with E-state index in [-0.39, 0.29) is 24.9 Å². The third kappa shape index (κ3) is 4.07. The summed E-state index contributed by atoms with van der Waals surface area (Å²) in [6.07, 6.45) is 2.18. The quantitative estimate of drug-likeness (QED) is 0.621. The molecule has 2 fully saturated rings. The lowest BCUT2D eigenvalue weighted by Crippen LogP contribution is -2.64. The molecule has 3 atom stereocenters. The van der Waals surface area contributed by atoms with Crippen molar-refractivity contribution in [3.63, 3.8) is 0 Å². The van der Waals surface area contributed by atoms with Gasteiger partial charge in [0.2, 0.25) is 6.79 Å². The average molecular weight is 447 g/mol. The molecule has 6 rings (SSSR count). The van der Waals surface area contributed by atoms with E-state index in [0.29, 0.717) is 29.6 Å². The molecule has 0 spiro atoms. The van der Waals surface area contributed by atoms with Crippen LogP contribution in [0.1, 0.15) is 28.9 Å². The van der Waals surface area contributed by atoms with Crippen LogP contribution in [0, 0.1) is 0 Å². The molecule has 0 saturated carbocycles. The zero-order valence-corrected chi connectivity index (χ0v) is 18.1. The molecule has 0 unspecified atom stereocenters. The Balaban J connectivity index is 0.981. The van der Waals surface area contributed by atoms with Crippen LogP contribution in [0.25, 0.3) is 11.3 Å². The maximum atomic E-state index is 12.5. The van der Waals surface area contributed by atoms with Gasteiger partial charge < -0.3 is 24.1 Å². The molecule has 1 amide bonds. The minimum absolute atomic E-state index is 0.0306. The summed E-state index contributed by atoms with van der Waals surface area (Å²) in [5.74, 6) is 1.94. The second kappa shape index (κ2) is 8.53. The second-order valence-corrected chi connectivity index (χ2v) is 8.70. The molecule has 3 aromatic rings. The molecule has 1 aromatic heterocycles. The van der Waals surface area contributed by atoms with Crippen molar-refractivity contribution in [2.45, 2.75) is 37.6 Å². The Bertz CT molecular complexity index is 1150. The zero-order valence-electron chi connectivity index (χ0n) is 18.1. The number of rotatable bonds is 6. The number of hydrogen-bond acceptors (Lipinski definition) is 7. The lowest BCUT2D eigenvalue weighted by Gasteiger charge is -2.52. The van der Waals surface area contributed by atoms with Crippen LogP contribution in [0.4, 0.5) is 0 Å². The highest BCUT2D eigenvalue weighted by atomic mass is 16.7. The Labute approximate surface area is 191 Å². The van der Waals surface area contributed by atoms with Crippen molar-refractivity contribution >= 4 is 5.91 Å². The number of benzene rings is 2. The number of ether oxygens (including phenoxy) is 3. The van der Waals surface area contributed by atoms with Crippen molar-refractivity contribution in [1.29, 1.82) is 0 Å². The third-order valence-corrected chi connectivity index (χ3v) is 6.57. The highest BCUT2D eigenvalue weighted by molar-refractivity contribution is 5.94. The number of fused-ring (bicyclic) bond motifs is 2. The lowest BCUT2D eigenvalue weighted by atomic mass is 9.89. The molecule has 3 aliphatic rings. The maximum Gasteiger partial charge on any atom is 0.251 e. The van der Waals surface area contributed by atoms with Crippen LogP contribution in [0.3, 0.4) is 0 Å². The van der Waals surface area contributed by atoms with Gasteiger partial charge in [-0.2, -0.15) is 0 Å². The van der Waals surface area contributed by atoms with Crippen LogP contribution in [-0.2, 0) is 11.3 Å². The summed E-state index contributed by atoms with van der Waals surface area (Å²) in [6, 6.07) is 17.6. The van der Waals surface area contributed by atoms with Gasteiger partial charge in [-0.25, -0.2) is 0 Å². The largest absolute Gasteiger partial charge is 0.454 e. The van der Waals surface area contributed by atoms with E-state index in [4.69, 9.17) is 18.7 Å². The molecule has 0 aliphatic carbocycles. The molecule has 33 heavy (non-hydrogen) atoms. The highest BCUT2D eigenvalue weighted by Crippen LogP contribution is 2.34. The number of hydrogen-bond donors (Lipinski definition) is 1. The Hall–Kier alpha value is -3.36. The van der Waals surface area contributed by atoms with Gasteiger partial charge in [0.05, 0.1) is 17.9 Å². The van der Waals surface area contributed by atoms with Crippen LogP contribution >= 0.6 is 0 Å². The molecular weight excluding hydrogens is 422 g/mol. The summed E-state index contributed by atoms with van der Waals surface area (Å²) >= 11 is 0. The normalized spacial score (nSPS) is 23.6. The average Bonchev–Trinajstić information content (AvgIpc) is 3.51. The summed E-state index contributed by atoms with van der Waals surface area (Å²) in [4.78, 5) is 14.9. The van der Waals surface area contributed by atoms with Gasteiger partial charge in [-0.1, -0.05) is 35.5 Å². The van der Waals surface area contributed by atoms with Gasteiger partial charge in [0.25, 0.3) is 5.91 Å². The molecule has 170 valence electrons. The van der Waals surface area contributed by atoms with Crippen LogP contribution in [0.15, 0.2) is 59.1 Å². The smallest absolute Gasteiger partial charge is 0.251 e. The van der Waals surface area contributed by atoms with Gasteiger partial charge in [0, 0.05) is 42.9 Å². The van der Waals surface area contributed by atoms with Gasteiger partial charge in [-0.15, -0.1) is 0 Å². The number of amides is 1. The van der Waals surface area contributed by atoms with Crippen LogP contribution in [0.5, 0.6) is 11.5 Å². The van der Waals surface area contributed by atoms with Gasteiger partial charge in [0.15, 0.2) is 17.3 Å². The fourth-order valence-corrected chi connectivity index (χ4v) is 4.77. The van der Waals surface area contributed by atoms with E-state index in [2.05, 4.69) is 15.4 Å². The van der Waals surface area contributed by atoms with Crippen LogP contribution in [0.2, 0.25) is 0 Å². The van der Waals surface area contributed by atoms with Gasteiger partial charge in [-0.05, 0) is 31.0 Å². The van der Waals surface area contributed by atoms with Crippen molar-refractivity contribution in [2.24, 2.45) is 0 Å². The molecule has 2 aromatic carbocycles. The van der Waals surface area contributed by atoms with Gasteiger partial charge in [0.1, 0.15) is 0 Å². The zero-order chi connectivity index (χ0) is 22.2. The SMILES string of the molecule is O=C(NC[C@H]1CC[C@@H]2[C@@H](CN2Cc2cc(-c3ccccc3)on2)O1)c1ccc2c(c1)OCO2. The fourth-order valence-electron chi connectivity index (χ4n) is 4.77. The molecule has 0 bridgehead atoms. The number of nitrogens with one attached hydrogen (secondary N) is 1. The van der Waals surface area contributed by atoms with Crippen molar-refractivity contribution < 1.29 is 23.5 Å². The van der Waals surface area contributed by atoms with E-state index in [1.165, 1.54) is 0 Å². The van der Waals surface area contributed by atoms with Crippen molar-refractivity contribution in [3.05, 3.63) is 65.9 Å². The Kier molecular flexibility index (Phi) is 5.24. The Morgan fingerprint density at radius 3 is 2.82 bits per heavy atom. The number of carbonyl (C=O) groups is 1. The van der Waals surface area contributed by atoms with E-state index >= 15 is 0 Å². The molecule has 8 nitrogen and oxygen atoms in total. The molecular formula is C25H25N3O5. The fraction of sp³-hybridized carbons (Fsp3) is 0.360. The minimum atomic E-state index is -0.130. The minimum Gasteiger partial charge on any atom is -0.454 e. The first-order valence-electron chi connectivity index (χ1n) is 11.3. The highest BCUT2D eigenvalue weighted by Gasteiger charge is 2.44. The summed E-state index contributed by atoms with van der Waals surface area (Å²) in [5.41, 5.74) is 2.53. The molecule has 1 N–H and O–H groups in total. The Morgan fingerprint density at radius 2 is 1.94 bits per heavy atom. The van der Waals surface area contributed by atoms with E-state index in [0.717, 1.165) is 42.9 Å². The van der Waals surface area contributed by atoms with Crippen LogP contribution < -0.4 is 14.8 Å². The topological polar surface area (TPSA) is 86.1 Å². The number of aromatic nitrogens is 1. The van der Waals surface area contributed by atoms with E-state index < -0.39 is 0 Å². The first kappa shape index (κ1) is 20.3. The number of carbonyl (C=O) groups excluding carboxylic acids is 1. The molecule has 2 saturated heterocycles. The number of likely N-dealkylation sites (tertiary alicyclic amines) is 1. The van der Waals surface area contributed by atoms with Crippen LogP contribution in [-0.4, -0.2) is 54.1 Å². The van der Waals surface area contributed by atoms with Crippen molar-refractivity contribution in [2.75, 3.05) is 19.9 Å². The molecule has 3 aliphatic heterocycles. The monoisotopic (exact) mass is 447 g/mol. The standard InChI is InChI=1S/C25H25N3O5/c29-25(17-6-9-21-23(10-17)31-15-30-21)26-12-19-7-8-20-24(32-19)14-28(20)13-18-11-22(33-27-18)16-4-2-1-3-5-16/h1-6,9-11,19-20,24H,7-8,12-15H2,(H,26,29)/t19-,20-,24-/m1/s1. The molecule has 4 heterocycles. The first-order valence-corrected chi connectivity index (χ1v) is 11.3. The summed E-state index contributed by atoms with van der Waals surface area (Å²) in [7, 11) is 0. The van der Waals surface area contributed by atoms with E-state index in [1.807, 2.05) is 36.4 Å². The van der Waals surface area contributed by atoms with E-state index in [9.17, 15) is 4.79 Å². The number of nitrogens with zero attached hydrogens (tertiary/aromatic N) is 2. The molecule has 8 heteroatoms. The predicted molar refractivity (Wildman–Crippen MR) is 119 cm³/mol. The maximum absolute atomic E-state index is 12.5.